The molecule has 1 aliphatic heterocycles. The van der Waals surface area contributed by atoms with E-state index in [-0.39, 0.29) is 53.8 Å². The largest absolute Gasteiger partial charge is 0.481 e. The minimum Gasteiger partial charge on any atom is -0.392 e. The summed E-state index contributed by atoms with van der Waals surface area (Å²) in [5.41, 5.74) is 4.24. The van der Waals surface area contributed by atoms with E-state index < -0.39 is 90.7 Å². The van der Waals surface area contributed by atoms with E-state index in [1.54, 1.807) is 0 Å². The number of unbranched alkanes of at least 4 members (excludes halogenated alkanes) is 6. The summed E-state index contributed by atoms with van der Waals surface area (Å²) in [4.78, 5) is 88.2. The Kier molecular flexibility index (Phi) is 22.6. The molecule has 0 aliphatic carbocycles. The molecule has 11 N–H and O–H groups in total. The molecule has 3 heterocycles. The lowest BCUT2D eigenvalue weighted by molar-refractivity contribution is -0.137. The molecule has 25 nitrogen and oxygen atoms in total. The predicted octanol–water partition coefficient (Wildman–Crippen LogP) is 2.11. The highest BCUT2D eigenvalue weighted by atomic mass is 32.2. The summed E-state index contributed by atoms with van der Waals surface area (Å²) in [5, 5.41) is 36.4. The molecule has 29 heteroatoms. The number of anilines is 1. The maximum Gasteiger partial charge on any atom is 0.481 e. The minimum absolute atomic E-state index is 0.0259. The second-order valence-corrected chi connectivity index (χ2v) is 20.8. The number of nitrogen functional groups attached to an aromatic ring is 1. The fourth-order valence-corrected chi connectivity index (χ4v) is 9.61. The Labute approximate surface area is 373 Å². The number of amides is 2. The number of aliphatic hydroxyl groups excluding tert-OH is 3. The molecule has 0 aromatic carbocycles. The Morgan fingerprint density at radius 2 is 1.67 bits per heavy atom. The lowest BCUT2D eigenvalue weighted by atomic mass is 9.87. The van der Waals surface area contributed by atoms with Gasteiger partial charge in [0.1, 0.15) is 36.3 Å². The molecule has 3 rings (SSSR count). The summed E-state index contributed by atoms with van der Waals surface area (Å²) in [6, 6.07) is 0. The molecule has 0 bridgehead atoms. The van der Waals surface area contributed by atoms with Gasteiger partial charge in [-0.25, -0.2) is 28.6 Å². The van der Waals surface area contributed by atoms with Gasteiger partial charge >= 0.3 is 23.5 Å². The van der Waals surface area contributed by atoms with Crippen LogP contribution in [0.3, 0.4) is 0 Å². The highest BCUT2D eigenvalue weighted by Gasteiger charge is 2.50. The van der Waals surface area contributed by atoms with Gasteiger partial charge in [-0.3, -0.25) is 32.5 Å². The monoisotopic (exact) mass is 991 g/mol. The van der Waals surface area contributed by atoms with Crippen molar-refractivity contribution in [2.24, 2.45) is 5.41 Å². The van der Waals surface area contributed by atoms with Crippen molar-refractivity contribution in [2.45, 2.75) is 122 Å². The van der Waals surface area contributed by atoms with Crippen molar-refractivity contribution in [1.82, 2.24) is 30.2 Å². The Balaban J connectivity index is 1.37. The number of phosphoric ester groups is 3. The van der Waals surface area contributed by atoms with Crippen LogP contribution in [0, 0.1) is 5.41 Å². The summed E-state index contributed by atoms with van der Waals surface area (Å²) >= 11 is 0.971. The maximum atomic E-state index is 12.7. The fourth-order valence-electron chi connectivity index (χ4n) is 6.04. The van der Waals surface area contributed by atoms with Gasteiger partial charge < -0.3 is 56.0 Å². The number of ether oxygens (including phenoxy) is 1. The molecule has 0 spiro atoms. The number of imidazole rings is 1. The number of phosphoric acid groups is 3. The number of carbonyl (C=O) groups excluding carboxylic acids is 3. The number of nitrogens with zero attached hydrogens (tertiary/aromatic N) is 4. The number of hydrogen-bond donors (Lipinski definition) is 10. The van der Waals surface area contributed by atoms with Gasteiger partial charge in [0, 0.05) is 37.1 Å². The van der Waals surface area contributed by atoms with Crippen molar-refractivity contribution >= 4 is 69.1 Å². The van der Waals surface area contributed by atoms with Crippen LogP contribution >= 0.6 is 35.2 Å². The molecular formula is C35H60N7O18P3S. The second-order valence-electron chi connectivity index (χ2n) is 15.4. The van der Waals surface area contributed by atoms with E-state index in [0.717, 1.165) is 41.8 Å². The molecule has 2 aromatic heterocycles. The molecular weight excluding hydrogens is 931 g/mol. The molecule has 1 aliphatic rings. The first-order chi connectivity index (χ1) is 29.9. The van der Waals surface area contributed by atoms with Gasteiger partial charge in [0.2, 0.25) is 11.8 Å². The zero-order chi connectivity index (χ0) is 47.7. The second kappa shape index (κ2) is 26.0. The van der Waals surface area contributed by atoms with Crippen LogP contribution in [0.25, 0.3) is 11.2 Å². The highest BCUT2D eigenvalue weighted by molar-refractivity contribution is 8.13. The van der Waals surface area contributed by atoms with Crippen LogP contribution in [0.5, 0.6) is 0 Å². The third-order valence-electron chi connectivity index (χ3n) is 9.47. The zero-order valence-electron chi connectivity index (χ0n) is 35.6. The predicted molar refractivity (Wildman–Crippen MR) is 229 cm³/mol. The number of hydrogen-bond acceptors (Lipinski definition) is 19. The van der Waals surface area contributed by atoms with Crippen molar-refractivity contribution in [1.29, 1.82) is 0 Å². The number of thioether (sulfide) groups is 1. The topological polar surface area (TPSA) is 384 Å². The van der Waals surface area contributed by atoms with E-state index in [0.29, 0.717) is 6.42 Å². The summed E-state index contributed by atoms with van der Waals surface area (Å²) in [5.74, 6) is -1.25. The number of aromatic nitrogens is 4. The molecule has 8 atom stereocenters. The van der Waals surface area contributed by atoms with Crippen molar-refractivity contribution in [2.75, 3.05) is 37.8 Å². The van der Waals surface area contributed by atoms with E-state index >= 15 is 0 Å². The lowest BCUT2D eigenvalue weighted by Crippen LogP contribution is -2.46. The normalized spacial score (nSPS) is 21.1. The van der Waals surface area contributed by atoms with Gasteiger partial charge in [0.15, 0.2) is 22.8 Å². The number of carbonyl (C=O) groups is 3. The SMILES string of the molecule is CCCCCCCC/C=C\CC(O)CC(=O)SCCNC(=O)CCNC(=O)[C@H](O)C(C)(C)COP(=O)(O)OP(=O)(O)OC[C@H]1O[C@@H](n2cnc3c(N)ncnc32)[C@H](O)[C@@H]1OP(=O)(O)O. The first kappa shape index (κ1) is 55.6. The molecule has 1 fully saturated rings. The molecule has 0 radical (unpaired) electrons. The van der Waals surface area contributed by atoms with Crippen LogP contribution in [0.1, 0.15) is 91.2 Å². The first-order valence-electron chi connectivity index (χ1n) is 20.3. The molecule has 3 unspecified atom stereocenters. The summed E-state index contributed by atoms with van der Waals surface area (Å²) in [6.45, 7) is 2.54. The molecule has 0 saturated carbocycles. The lowest BCUT2D eigenvalue weighted by Gasteiger charge is -2.30. The van der Waals surface area contributed by atoms with Crippen molar-refractivity contribution in [3.05, 3.63) is 24.8 Å². The first-order valence-corrected chi connectivity index (χ1v) is 25.8. The van der Waals surface area contributed by atoms with Crippen LogP contribution in [0.2, 0.25) is 0 Å². The van der Waals surface area contributed by atoms with E-state index in [4.69, 9.17) is 19.5 Å². The van der Waals surface area contributed by atoms with E-state index in [1.165, 1.54) is 46.0 Å². The van der Waals surface area contributed by atoms with Gasteiger partial charge in [-0.05, 0) is 19.3 Å². The fraction of sp³-hybridized carbons (Fsp3) is 0.714. The zero-order valence-corrected chi connectivity index (χ0v) is 39.1. The van der Waals surface area contributed by atoms with Crippen molar-refractivity contribution in [3.63, 3.8) is 0 Å². The van der Waals surface area contributed by atoms with Gasteiger partial charge in [-0.2, -0.15) is 4.31 Å². The number of nitrogens with one attached hydrogen (secondary N) is 2. The maximum absolute atomic E-state index is 12.7. The molecule has 2 aromatic rings. The van der Waals surface area contributed by atoms with E-state index in [1.807, 2.05) is 12.2 Å². The minimum atomic E-state index is -5.59. The number of rotatable bonds is 30. The van der Waals surface area contributed by atoms with Crippen LogP contribution < -0.4 is 16.4 Å². The Morgan fingerprint density at radius 3 is 2.38 bits per heavy atom. The van der Waals surface area contributed by atoms with Crippen molar-refractivity contribution < 1.29 is 85.6 Å². The number of aliphatic hydroxyl groups is 3. The Bertz CT molecular complexity index is 2010. The van der Waals surface area contributed by atoms with Gasteiger partial charge in [-0.15, -0.1) is 0 Å². The number of nitrogens with two attached hydrogens (primary N) is 1. The third-order valence-corrected chi connectivity index (χ3v) is 13.5. The molecule has 1 saturated heterocycles. The summed E-state index contributed by atoms with van der Waals surface area (Å²) in [7, 11) is -16.4. The van der Waals surface area contributed by atoms with Crippen molar-refractivity contribution in [3.8, 4) is 0 Å². The van der Waals surface area contributed by atoms with E-state index in [9.17, 15) is 63.0 Å². The van der Waals surface area contributed by atoms with Gasteiger partial charge in [0.25, 0.3) is 0 Å². The molecule has 64 heavy (non-hydrogen) atoms. The third kappa shape index (κ3) is 19.2. The average Bonchev–Trinajstić information content (AvgIpc) is 3.76. The van der Waals surface area contributed by atoms with E-state index in [2.05, 4.69) is 41.3 Å². The van der Waals surface area contributed by atoms with Crippen LogP contribution in [0.15, 0.2) is 24.8 Å². The smallest absolute Gasteiger partial charge is 0.392 e. The quantitative estimate of drug-likeness (QED) is 0.0304. The summed E-state index contributed by atoms with van der Waals surface area (Å²) < 4.78 is 62.3. The van der Waals surface area contributed by atoms with Crippen LogP contribution in [0.4, 0.5) is 5.82 Å². The number of fused-ring (bicyclic) bond motifs is 1. The van der Waals surface area contributed by atoms with Crippen LogP contribution in [-0.2, 0) is 50.7 Å². The summed E-state index contributed by atoms with van der Waals surface area (Å²) in [6.07, 6.45) is 4.59. The standard InChI is InChI=1S/C35H60N7O18P3S/c1-4-5-6-7-8-9-10-11-12-13-23(43)18-26(45)64-17-16-37-25(44)14-15-38-33(48)30(47)35(2,3)20-57-63(54,55)60-62(52,53)56-19-24-29(59-61(49,50)51)28(46)34(58-24)42-22-41-27-31(36)39-21-40-32(27)42/h11-12,21-24,28-30,34,43,46-47H,4-10,13-20H2,1-3H3,(H,37,44)(H,38,48)(H,52,53)(H,54,55)(H2,36,39,40)(H2,49,50,51)/b12-11-/t23?,24-,28-,29-,30+,34-/m1/s1. The highest BCUT2D eigenvalue weighted by Crippen LogP contribution is 2.61. The Morgan fingerprint density at radius 1 is 0.984 bits per heavy atom. The molecule has 364 valence electrons. The number of allylic oxidation sites excluding steroid dienone is 1. The molecule has 2 amide bonds. The average molecular weight is 992 g/mol. The van der Waals surface area contributed by atoms with Crippen LogP contribution in [-0.4, -0.2) is 134 Å². The van der Waals surface area contributed by atoms with Gasteiger partial charge in [0.05, 0.1) is 25.6 Å². The Hall–Kier alpha value is -2.74. The van der Waals surface area contributed by atoms with Gasteiger partial charge in [-0.1, -0.05) is 76.8 Å².